The van der Waals surface area contributed by atoms with Crippen LogP contribution in [0.4, 0.5) is 8.78 Å². The van der Waals surface area contributed by atoms with Crippen molar-refractivity contribution in [2.45, 2.75) is 33.5 Å². The van der Waals surface area contributed by atoms with E-state index in [0.717, 1.165) is 11.1 Å². The monoisotopic (exact) mass is 456 g/mol. The molecule has 0 radical (unpaired) electrons. The molecule has 0 saturated heterocycles. The third-order valence-electron chi connectivity index (χ3n) is 5.11. The van der Waals surface area contributed by atoms with Crippen molar-refractivity contribution in [1.29, 1.82) is 0 Å². The standard InChI is InChI=1S/C23H20F2N2O4.C2H6/c1-30-23-18(25)20(28)21(31-14-16-5-3-2-4-6-16)19-22(29)26(11-12-27(19)23)13-15-7-9-17(24)10-8-15;1-2/h2-10H,11-14H2,1H3;1-2H3. The van der Waals surface area contributed by atoms with E-state index in [-0.39, 0.29) is 49.4 Å². The predicted molar refractivity (Wildman–Crippen MR) is 120 cm³/mol. The van der Waals surface area contributed by atoms with Crippen LogP contribution < -0.4 is 14.9 Å². The zero-order valence-corrected chi connectivity index (χ0v) is 18.8. The van der Waals surface area contributed by atoms with Gasteiger partial charge in [0.1, 0.15) is 12.4 Å². The minimum absolute atomic E-state index is 0.0000902. The second-order valence-electron chi connectivity index (χ2n) is 7.11. The van der Waals surface area contributed by atoms with Crippen LogP contribution in [-0.2, 0) is 19.7 Å². The lowest BCUT2D eigenvalue weighted by Gasteiger charge is -2.32. The molecule has 174 valence electrons. The van der Waals surface area contributed by atoms with Crippen molar-refractivity contribution in [2.75, 3.05) is 13.7 Å². The van der Waals surface area contributed by atoms with Crippen molar-refractivity contribution in [3.8, 4) is 11.6 Å². The van der Waals surface area contributed by atoms with E-state index in [2.05, 4.69) is 0 Å². The normalized spacial score (nSPS) is 12.5. The highest BCUT2D eigenvalue weighted by Crippen LogP contribution is 2.29. The molecule has 0 aliphatic carbocycles. The topological polar surface area (TPSA) is 60.8 Å². The summed E-state index contributed by atoms with van der Waals surface area (Å²) in [4.78, 5) is 27.5. The Morgan fingerprint density at radius 2 is 1.58 bits per heavy atom. The van der Waals surface area contributed by atoms with Crippen LogP contribution in [0.1, 0.15) is 35.5 Å². The molecule has 0 spiro atoms. The minimum atomic E-state index is -1.10. The summed E-state index contributed by atoms with van der Waals surface area (Å²) >= 11 is 0. The number of halogens is 2. The maximum Gasteiger partial charge on any atom is 0.274 e. The molecular weight excluding hydrogens is 430 g/mol. The first-order valence-corrected chi connectivity index (χ1v) is 10.7. The van der Waals surface area contributed by atoms with Gasteiger partial charge in [0.15, 0.2) is 11.4 Å². The van der Waals surface area contributed by atoms with Crippen LogP contribution in [0.2, 0.25) is 0 Å². The van der Waals surface area contributed by atoms with Crippen LogP contribution in [0.5, 0.6) is 11.6 Å². The van der Waals surface area contributed by atoms with Crippen LogP contribution in [0.25, 0.3) is 0 Å². The van der Waals surface area contributed by atoms with Gasteiger partial charge in [-0.05, 0) is 23.3 Å². The van der Waals surface area contributed by atoms with E-state index in [1.807, 2.05) is 32.0 Å². The van der Waals surface area contributed by atoms with Crippen molar-refractivity contribution in [3.63, 3.8) is 0 Å². The quantitative estimate of drug-likeness (QED) is 0.552. The number of carbonyl (C=O) groups is 1. The van der Waals surface area contributed by atoms with Gasteiger partial charge in [-0.3, -0.25) is 9.59 Å². The van der Waals surface area contributed by atoms with Crippen LogP contribution in [0.3, 0.4) is 0 Å². The van der Waals surface area contributed by atoms with Gasteiger partial charge in [0, 0.05) is 19.6 Å². The first-order chi connectivity index (χ1) is 16.0. The number of fused-ring (bicyclic) bond motifs is 1. The summed E-state index contributed by atoms with van der Waals surface area (Å²) in [6, 6.07) is 14.9. The van der Waals surface area contributed by atoms with Crippen LogP contribution in [0, 0.1) is 11.6 Å². The Morgan fingerprint density at radius 3 is 2.21 bits per heavy atom. The second-order valence-corrected chi connectivity index (χ2v) is 7.11. The lowest BCUT2D eigenvalue weighted by atomic mass is 10.1. The van der Waals surface area contributed by atoms with Crippen molar-refractivity contribution in [3.05, 3.63) is 93.3 Å². The number of carbonyl (C=O) groups excluding carboxylic acids is 1. The molecule has 3 aromatic rings. The molecule has 33 heavy (non-hydrogen) atoms. The summed E-state index contributed by atoms with van der Waals surface area (Å²) in [5.74, 6) is -2.62. The molecule has 1 aliphatic heterocycles. The van der Waals surface area contributed by atoms with Crippen LogP contribution in [0.15, 0.2) is 59.4 Å². The highest BCUT2D eigenvalue weighted by molar-refractivity contribution is 5.96. The number of methoxy groups -OCH3 is 1. The fourth-order valence-corrected chi connectivity index (χ4v) is 3.57. The average Bonchev–Trinajstić information content (AvgIpc) is 2.85. The Hall–Kier alpha value is -3.68. The molecule has 0 N–H and O–H groups in total. The Kier molecular flexibility index (Phi) is 7.82. The molecule has 1 aliphatic rings. The number of amides is 1. The van der Waals surface area contributed by atoms with Gasteiger partial charge in [-0.1, -0.05) is 56.3 Å². The summed E-state index contributed by atoms with van der Waals surface area (Å²) < 4.78 is 40.0. The van der Waals surface area contributed by atoms with E-state index in [1.54, 1.807) is 24.3 Å². The van der Waals surface area contributed by atoms with E-state index in [4.69, 9.17) is 9.47 Å². The number of hydrogen-bond donors (Lipinski definition) is 0. The molecule has 2 aromatic carbocycles. The zero-order chi connectivity index (χ0) is 24.0. The van der Waals surface area contributed by atoms with E-state index < -0.39 is 17.2 Å². The van der Waals surface area contributed by atoms with Gasteiger partial charge in [0.25, 0.3) is 11.3 Å². The number of nitrogens with zero attached hydrogens (tertiary/aromatic N) is 2. The van der Waals surface area contributed by atoms with Gasteiger partial charge >= 0.3 is 0 Å². The zero-order valence-electron chi connectivity index (χ0n) is 18.8. The minimum Gasteiger partial charge on any atom is -0.482 e. The lowest BCUT2D eigenvalue weighted by molar-refractivity contribution is 0.0671. The smallest absolute Gasteiger partial charge is 0.274 e. The van der Waals surface area contributed by atoms with Gasteiger partial charge in [-0.15, -0.1) is 0 Å². The maximum atomic E-state index is 14.7. The van der Waals surface area contributed by atoms with Crippen molar-refractivity contribution >= 4 is 5.91 Å². The third kappa shape index (κ3) is 5.05. The van der Waals surface area contributed by atoms with E-state index in [0.29, 0.717) is 0 Å². The van der Waals surface area contributed by atoms with E-state index >= 15 is 0 Å². The number of hydrogen-bond acceptors (Lipinski definition) is 4. The summed E-state index contributed by atoms with van der Waals surface area (Å²) in [6.07, 6.45) is 0. The number of ether oxygens (including phenoxy) is 2. The predicted octanol–water partition coefficient (Wildman–Crippen LogP) is 4.40. The average molecular weight is 456 g/mol. The largest absolute Gasteiger partial charge is 0.482 e. The molecule has 0 fully saturated rings. The highest BCUT2D eigenvalue weighted by atomic mass is 19.1. The lowest BCUT2D eigenvalue weighted by Crippen LogP contribution is -2.42. The van der Waals surface area contributed by atoms with Crippen molar-refractivity contribution in [1.82, 2.24) is 9.47 Å². The van der Waals surface area contributed by atoms with Crippen molar-refractivity contribution in [2.24, 2.45) is 0 Å². The van der Waals surface area contributed by atoms with Gasteiger partial charge in [-0.2, -0.15) is 4.39 Å². The van der Waals surface area contributed by atoms with E-state index in [9.17, 15) is 18.4 Å². The SMILES string of the molecule is CC.COc1c(F)c(=O)c(OCc2ccccc2)c2n1CCN(Cc1ccc(F)cc1)C2=O. The fourth-order valence-electron chi connectivity index (χ4n) is 3.57. The van der Waals surface area contributed by atoms with Crippen molar-refractivity contribution < 1.29 is 23.0 Å². The number of rotatable bonds is 6. The molecule has 0 bridgehead atoms. The molecule has 1 amide bonds. The molecule has 0 atom stereocenters. The summed E-state index contributed by atoms with van der Waals surface area (Å²) in [5.41, 5.74) is 0.401. The highest BCUT2D eigenvalue weighted by Gasteiger charge is 2.34. The number of pyridine rings is 1. The Labute approximate surface area is 191 Å². The Balaban J connectivity index is 0.00000149. The third-order valence-corrected chi connectivity index (χ3v) is 5.11. The Bertz CT molecular complexity index is 1160. The number of aromatic nitrogens is 1. The van der Waals surface area contributed by atoms with Gasteiger partial charge in [0.2, 0.25) is 11.7 Å². The summed E-state index contributed by atoms with van der Waals surface area (Å²) in [6.45, 7) is 4.69. The van der Waals surface area contributed by atoms with Crippen LogP contribution >= 0.6 is 0 Å². The molecule has 2 heterocycles. The first kappa shape index (κ1) is 24.0. The first-order valence-electron chi connectivity index (χ1n) is 10.7. The maximum absolute atomic E-state index is 14.7. The van der Waals surface area contributed by atoms with Gasteiger partial charge in [-0.25, -0.2) is 4.39 Å². The van der Waals surface area contributed by atoms with Gasteiger partial charge < -0.3 is 18.9 Å². The summed E-state index contributed by atoms with van der Waals surface area (Å²) in [5, 5.41) is 0. The second kappa shape index (κ2) is 10.8. The molecule has 4 rings (SSSR count). The van der Waals surface area contributed by atoms with E-state index in [1.165, 1.54) is 28.7 Å². The van der Waals surface area contributed by atoms with Crippen LogP contribution in [-0.4, -0.2) is 29.0 Å². The van der Waals surface area contributed by atoms with Gasteiger partial charge in [0.05, 0.1) is 7.11 Å². The molecular formula is C25H26F2N2O4. The summed E-state index contributed by atoms with van der Waals surface area (Å²) in [7, 11) is 1.24. The molecule has 6 nitrogen and oxygen atoms in total. The molecule has 0 saturated carbocycles. The molecule has 0 unspecified atom stereocenters. The Morgan fingerprint density at radius 1 is 0.909 bits per heavy atom. The number of benzene rings is 2. The molecule has 1 aromatic heterocycles. The fraction of sp³-hybridized carbons (Fsp3) is 0.280. The molecule has 8 heteroatoms.